The Morgan fingerprint density at radius 1 is 0.970 bits per heavy atom. The van der Waals surface area contributed by atoms with Gasteiger partial charge in [0.05, 0.1) is 12.2 Å². The van der Waals surface area contributed by atoms with E-state index in [1.165, 1.54) is 13.0 Å². The molecule has 7 heteroatoms. The number of carbonyl (C=O) groups is 3. The van der Waals surface area contributed by atoms with Crippen molar-refractivity contribution in [3.63, 3.8) is 0 Å². The Balaban J connectivity index is 1.93. The van der Waals surface area contributed by atoms with E-state index >= 15 is 0 Å². The van der Waals surface area contributed by atoms with E-state index in [0.717, 1.165) is 17.1 Å². The molecular weight excluding hydrogens is 422 g/mol. The summed E-state index contributed by atoms with van der Waals surface area (Å²) in [5.41, 5.74) is 3.68. The van der Waals surface area contributed by atoms with Gasteiger partial charge in [-0.25, -0.2) is 9.59 Å². The van der Waals surface area contributed by atoms with Crippen molar-refractivity contribution in [2.45, 2.75) is 27.7 Å². The van der Waals surface area contributed by atoms with Gasteiger partial charge in [-0.2, -0.15) is 0 Å². The van der Waals surface area contributed by atoms with Gasteiger partial charge in [0.1, 0.15) is 5.75 Å². The minimum atomic E-state index is -0.778. The van der Waals surface area contributed by atoms with Crippen LogP contribution in [-0.4, -0.2) is 29.1 Å². The van der Waals surface area contributed by atoms with Crippen LogP contribution in [0.2, 0.25) is 0 Å². The second-order valence-electron chi connectivity index (χ2n) is 7.23. The van der Waals surface area contributed by atoms with E-state index in [1.54, 1.807) is 49.4 Å². The highest BCUT2D eigenvalue weighted by atomic mass is 16.6. The monoisotopic (exact) mass is 447 g/mol. The zero-order valence-electron chi connectivity index (χ0n) is 19.0. The number of hydrogen-bond acceptors (Lipinski definition) is 6. The van der Waals surface area contributed by atoms with Crippen LogP contribution in [0.1, 0.15) is 41.2 Å². The number of nitrogens with zero attached hydrogens (tertiary/aromatic N) is 1. The number of aryl methyl sites for hydroxylation is 1. The summed E-state index contributed by atoms with van der Waals surface area (Å²) in [5, 5.41) is 0. The lowest BCUT2D eigenvalue weighted by Crippen LogP contribution is -2.15. The van der Waals surface area contributed by atoms with Crippen molar-refractivity contribution in [1.82, 2.24) is 4.57 Å². The molecular formula is C26H25NO6. The second-order valence-corrected chi connectivity index (χ2v) is 7.23. The predicted molar refractivity (Wildman–Crippen MR) is 123 cm³/mol. The minimum absolute atomic E-state index is 0.218. The Morgan fingerprint density at radius 3 is 2.24 bits per heavy atom. The highest BCUT2D eigenvalue weighted by Gasteiger charge is 2.19. The summed E-state index contributed by atoms with van der Waals surface area (Å²) in [6.07, 6.45) is 1.48. The van der Waals surface area contributed by atoms with Crippen LogP contribution in [0.5, 0.6) is 5.75 Å². The lowest BCUT2D eigenvalue weighted by Gasteiger charge is -2.11. The number of para-hydroxylation sites is 1. The fourth-order valence-corrected chi connectivity index (χ4v) is 3.36. The number of hydrogen-bond donors (Lipinski definition) is 0. The highest BCUT2D eigenvalue weighted by molar-refractivity contribution is 5.95. The summed E-state index contributed by atoms with van der Waals surface area (Å²) in [4.78, 5) is 36.2. The first-order chi connectivity index (χ1) is 15.8. The molecule has 3 rings (SSSR count). The fourth-order valence-electron chi connectivity index (χ4n) is 3.36. The van der Waals surface area contributed by atoms with Crippen molar-refractivity contribution in [2.24, 2.45) is 0 Å². The highest BCUT2D eigenvalue weighted by Crippen LogP contribution is 2.24. The average molecular weight is 447 g/mol. The average Bonchev–Trinajstić information content (AvgIpc) is 3.06. The third kappa shape index (κ3) is 5.77. The molecule has 7 nitrogen and oxygen atoms in total. The van der Waals surface area contributed by atoms with Gasteiger partial charge in [-0.1, -0.05) is 18.2 Å². The van der Waals surface area contributed by atoms with Gasteiger partial charge in [0, 0.05) is 24.0 Å². The predicted octanol–water partition coefficient (Wildman–Crippen LogP) is 4.78. The molecule has 170 valence electrons. The van der Waals surface area contributed by atoms with Crippen molar-refractivity contribution in [1.29, 1.82) is 0 Å². The molecule has 0 bridgehead atoms. The smallest absolute Gasteiger partial charge is 0.379 e. The van der Waals surface area contributed by atoms with Gasteiger partial charge in [-0.05, 0) is 74.9 Å². The molecule has 0 amide bonds. The van der Waals surface area contributed by atoms with Crippen LogP contribution < -0.4 is 4.74 Å². The Kier molecular flexibility index (Phi) is 7.46. The number of rotatable bonds is 7. The molecule has 0 radical (unpaired) electrons. The molecule has 0 saturated heterocycles. The first-order valence-electron chi connectivity index (χ1n) is 10.4. The van der Waals surface area contributed by atoms with Gasteiger partial charge in [-0.15, -0.1) is 0 Å². The van der Waals surface area contributed by atoms with Gasteiger partial charge in [0.25, 0.3) is 0 Å². The van der Waals surface area contributed by atoms with Crippen molar-refractivity contribution in [3.05, 3.63) is 88.9 Å². The first-order valence-corrected chi connectivity index (χ1v) is 10.4. The van der Waals surface area contributed by atoms with E-state index in [-0.39, 0.29) is 11.7 Å². The summed E-state index contributed by atoms with van der Waals surface area (Å²) in [6, 6.07) is 17.4. The van der Waals surface area contributed by atoms with E-state index in [4.69, 9.17) is 14.2 Å². The molecule has 1 aromatic heterocycles. The van der Waals surface area contributed by atoms with Crippen molar-refractivity contribution >= 4 is 24.0 Å². The number of benzene rings is 2. The first kappa shape index (κ1) is 23.5. The van der Waals surface area contributed by atoms with Crippen LogP contribution in [0, 0.1) is 13.8 Å². The van der Waals surface area contributed by atoms with Crippen LogP contribution in [0.4, 0.5) is 0 Å². The van der Waals surface area contributed by atoms with E-state index < -0.39 is 11.9 Å². The van der Waals surface area contributed by atoms with Crippen LogP contribution in [0.25, 0.3) is 11.8 Å². The fraction of sp³-hybridized carbons (Fsp3) is 0.192. The maximum atomic E-state index is 12.7. The van der Waals surface area contributed by atoms with Crippen LogP contribution in [0.15, 0.2) is 66.4 Å². The Bertz CT molecular complexity index is 1190. The molecule has 0 unspecified atom stereocenters. The summed E-state index contributed by atoms with van der Waals surface area (Å²) in [5.74, 6) is -1.66. The lowest BCUT2D eigenvalue weighted by molar-refractivity contribution is -0.145. The molecule has 33 heavy (non-hydrogen) atoms. The number of aromatic nitrogens is 1. The SMILES string of the molecule is CCOC(=O)c1ccc(-n2c(C)cc(C=C(OC(C)=O)C(=O)Oc3ccccc3)c2C)cc1. The molecule has 0 aliphatic carbocycles. The standard InChI is InChI=1S/C26H25NO6/c1-5-31-25(29)20-11-13-22(14-12-20)27-17(2)15-21(18(27)3)16-24(32-19(4)28)26(30)33-23-9-7-6-8-10-23/h6-16H,5H2,1-4H3. The third-order valence-corrected chi connectivity index (χ3v) is 4.80. The summed E-state index contributed by atoms with van der Waals surface area (Å²) >= 11 is 0. The van der Waals surface area contributed by atoms with Gasteiger partial charge in [0.15, 0.2) is 0 Å². The van der Waals surface area contributed by atoms with Crippen molar-refractivity contribution in [3.8, 4) is 11.4 Å². The minimum Gasteiger partial charge on any atom is -0.462 e. The molecule has 3 aromatic rings. The molecule has 0 saturated carbocycles. The number of carbonyl (C=O) groups excluding carboxylic acids is 3. The number of esters is 3. The van der Waals surface area contributed by atoms with Crippen molar-refractivity contribution in [2.75, 3.05) is 6.61 Å². The maximum Gasteiger partial charge on any atom is 0.379 e. The largest absolute Gasteiger partial charge is 0.462 e. The molecule has 0 aliphatic rings. The molecule has 0 fully saturated rings. The molecule has 0 spiro atoms. The van der Waals surface area contributed by atoms with Crippen LogP contribution in [0.3, 0.4) is 0 Å². The van der Waals surface area contributed by atoms with Crippen LogP contribution in [-0.2, 0) is 19.1 Å². The zero-order valence-corrected chi connectivity index (χ0v) is 19.0. The van der Waals surface area contributed by atoms with E-state index in [1.807, 2.05) is 36.6 Å². The van der Waals surface area contributed by atoms with E-state index in [9.17, 15) is 14.4 Å². The second kappa shape index (κ2) is 10.5. The molecule has 1 heterocycles. The third-order valence-electron chi connectivity index (χ3n) is 4.80. The van der Waals surface area contributed by atoms with Crippen molar-refractivity contribution < 1.29 is 28.6 Å². The van der Waals surface area contributed by atoms with E-state index in [2.05, 4.69) is 0 Å². The molecule has 2 aromatic carbocycles. The van der Waals surface area contributed by atoms with Gasteiger partial charge in [-0.3, -0.25) is 4.79 Å². The van der Waals surface area contributed by atoms with E-state index in [0.29, 0.717) is 23.5 Å². The lowest BCUT2D eigenvalue weighted by atomic mass is 10.2. The Labute approximate surface area is 192 Å². The zero-order chi connectivity index (χ0) is 24.0. The topological polar surface area (TPSA) is 83.8 Å². The summed E-state index contributed by atoms with van der Waals surface area (Å²) in [7, 11) is 0. The number of ether oxygens (including phenoxy) is 3. The molecule has 0 N–H and O–H groups in total. The molecule has 0 atom stereocenters. The quantitative estimate of drug-likeness (QED) is 0.224. The Hall–Kier alpha value is -4.13. The van der Waals surface area contributed by atoms with Gasteiger partial charge in [0.2, 0.25) is 5.76 Å². The van der Waals surface area contributed by atoms with Gasteiger partial charge < -0.3 is 18.8 Å². The molecule has 0 aliphatic heterocycles. The van der Waals surface area contributed by atoms with Crippen LogP contribution >= 0.6 is 0 Å². The Morgan fingerprint density at radius 2 is 1.64 bits per heavy atom. The maximum absolute atomic E-state index is 12.7. The van der Waals surface area contributed by atoms with Gasteiger partial charge >= 0.3 is 17.9 Å². The summed E-state index contributed by atoms with van der Waals surface area (Å²) < 4.78 is 17.5. The summed E-state index contributed by atoms with van der Waals surface area (Å²) in [6.45, 7) is 7.08. The normalized spacial score (nSPS) is 11.1.